The number of ether oxygens (including phenoxy) is 2. The van der Waals surface area contributed by atoms with Crippen molar-refractivity contribution in [3.05, 3.63) is 102 Å². The average molecular weight is 571 g/mol. The minimum atomic E-state index is -0.318. The van der Waals surface area contributed by atoms with E-state index in [1.54, 1.807) is 14.2 Å². The lowest BCUT2D eigenvalue weighted by atomic mass is 9.97. The molecule has 0 atom stereocenters. The molecule has 214 valence electrons. The average Bonchev–Trinajstić information content (AvgIpc) is 2.98. The molecule has 4 rings (SSSR count). The lowest BCUT2D eigenvalue weighted by Crippen LogP contribution is -2.32. The van der Waals surface area contributed by atoms with Gasteiger partial charge in [0.1, 0.15) is 11.4 Å². The SMILES string of the molecule is CC(C)(C)OC=O.CN=C(NCc1cnc(-c2ccc(C)cc2)c(-c2ccc(OC)cc2)c1)NSc1ccccc1. The van der Waals surface area contributed by atoms with Crippen LogP contribution >= 0.6 is 11.9 Å². The molecular formula is C33H38N4O3S. The zero-order chi connectivity index (χ0) is 29.7. The van der Waals surface area contributed by atoms with Crippen molar-refractivity contribution in [2.45, 2.75) is 44.7 Å². The fourth-order valence-electron chi connectivity index (χ4n) is 3.62. The Labute approximate surface area is 247 Å². The van der Waals surface area contributed by atoms with Crippen LogP contribution in [-0.2, 0) is 16.1 Å². The molecule has 2 N–H and O–H groups in total. The van der Waals surface area contributed by atoms with Crippen molar-refractivity contribution in [2.24, 2.45) is 4.99 Å². The molecule has 8 heteroatoms. The normalized spacial score (nSPS) is 11.1. The Hall–Kier alpha value is -4.30. The number of guanidine groups is 1. The number of aryl methyl sites for hydroxylation is 1. The minimum absolute atomic E-state index is 0.318. The Kier molecular flexibility index (Phi) is 11.8. The van der Waals surface area contributed by atoms with E-state index in [9.17, 15) is 4.79 Å². The molecule has 1 aromatic heterocycles. The molecule has 1 heterocycles. The van der Waals surface area contributed by atoms with Crippen LogP contribution in [0.4, 0.5) is 0 Å². The number of benzene rings is 3. The van der Waals surface area contributed by atoms with E-state index in [0.29, 0.717) is 19.0 Å². The van der Waals surface area contributed by atoms with E-state index in [-0.39, 0.29) is 5.60 Å². The van der Waals surface area contributed by atoms with E-state index >= 15 is 0 Å². The van der Waals surface area contributed by atoms with Gasteiger partial charge in [-0.25, -0.2) is 0 Å². The number of aromatic nitrogens is 1. The number of nitrogens with zero attached hydrogens (tertiary/aromatic N) is 2. The lowest BCUT2D eigenvalue weighted by Gasteiger charge is -2.14. The van der Waals surface area contributed by atoms with Gasteiger partial charge in [0.2, 0.25) is 5.96 Å². The predicted molar refractivity (Wildman–Crippen MR) is 169 cm³/mol. The number of aliphatic imine (C=N–C) groups is 1. The topological polar surface area (TPSA) is 84.8 Å². The molecule has 0 bridgehead atoms. The number of hydrogen-bond acceptors (Lipinski definition) is 6. The molecule has 0 fully saturated rings. The van der Waals surface area contributed by atoms with Crippen molar-refractivity contribution in [3.63, 3.8) is 0 Å². The second-order valence-electron chi connectivity index (χ2n) is 10.1. The maximum absolute atomic E-state index is 9.60. The van der Waals surface area contributed by atoms with Crippen LogP contribution in [0.1, 0.15) is 31.9 Å². The van der Waals surface area contributed by atoms with Gasteiger partial charge in [-0.3, -0.25) is 19.5 Å². The van der Waals surface area contributed by atoms with Gasteiger partial charge < -0.3 is 14.8 Å². The van der Waals surface area contributed by atoms with Gasteiger partial charge in [-0.15, -0.1) is 0 Å². The number of carbonyl (C=O) groups is 1. The van der Waals surface area contributed by atoms with Gasteiger partial charge in [-0.1, -0.05) is 60.2 Å². The molecule has 4 aromatic rings. The third-order valence-electron chi connectivity index (χ3n) is 5.76. The summed E-state index contributed by atoms with van der Waals surface area (Å²) in [5.74, 6) is 1.54. The summed E-state index contributed by atoms with van der Waals surface area (Å²) in [6.07, 6.45) is 1.92. The van der Waals surface area contributed by atoms with Crippen LogP contribution < -0.4 is 14.8 Å². The second kappa shape index (κ2) is 15.5. The van der Waals surface area contributed by atoms with Crippen LogP contribution in [0.5, 0.6) is 5.75 Å². The molecule has 0 unspecified atom stereocenters. The van der Waals surface area contributed by atoms with Gasteiger partial charge in [-0.2, -0.15) is 0 Å². The van der Waals surface area contributed by atoms with E-state index in [2.05, 4.69) is 81.3 Å². The quantitative estimate of drug-likeness (QED) is 0.101. The number of hydrogen-bond donors (Lipinski definition) is 2. The number of pyridine rings is 1. The third kappa shape index (κ3) is 10.3. The van der Waals surface area contributed by atoms with Gasteiger partial charge in [-0.05, 0) is 81.1 Å². The van der Waals surface area contributed by atoms with Crippen LogP contribution in [0.3, 0.4) is 0 Å². The molecule has 3 aromatic carbocycles. The highest BCUT2D eigenvalue weighted by atomic mass is 32.2. The van der Waals surface area contributed by atoms with E-state index in [1.165, 1.54) is 17.5 Å². The summed E-state index contributed by atoms with van der Waals surface area (Å²) in [6, 6.07) is 28.9. The Balaban J connectivity index is 0.000000587. The highest BCUT2D eigenvalue weighted by Gasteiger charge is 2.12. The van der Waals surface area contributed by atoms with Crippen LogP contribution in [0.15, 0.2) is 101 Å². The first-order chi connectivity index (χ1) is 19.7. The summed E-state index contributed by atoms with van der Waals surface area (Å²) in [5.41, 5.74) is 6.18. The first-order valence-electron chi connectivity index (χ1n) is 13.2. The molecule has 0 aliphatic rings. The molecule has 0 saturated heterocycles. The molecule has 0 saturated carbocycles. The van der Waals surface area contributed by atoms with Gasteiger partial charge in [0, 0.05) is 35.8 Å². The second-order valence-corrected chi connectivity index (χ2v) is 11.0. The molecule has 0 aliphatic heterocycles. The number of carbonyl (C=O) groups excluding carboxylic acids is 1. The first kappa shape index (κ1) is 31.2. The predicted octanol–water partition coefficient (Wildman–Crippen LogP) is 7.06. The van der Waals surface area contributed by atoms with Gasteiger partial charge in [0.15, 0.2) is 0 Å². The third-order valence-corrected chi connectivity index (χ3v) is 6.57. The highest BCUT2D eigenvalue weighted by Crippen LogP contribution is 2.32. The molecule has 7 nitrogen and oxygen atoms in total. The fraction of sp³-hybridized carbons (Fsp3) is 0.242. The van der Waals surface area contributed by atoms with Crippen LogP contribution in [0, 0.1) is 6.92 Å². The van der Waals surface area contributed by atoms with E-state index < -0.39 is 0 Å². The minimum Gasteiger partial charge on any atom is -0.497 e. The largest absolute Gasteiger partial charge is 0.497 e. The molecule has 0 aliphatic carbocycles. The van der Waals surface area contributed by atoms with Crippen LogP contribution in [0.2, 0.25) is 0 Å². The molecular weight excluding hydrogens is 532 g/mol. The summed E-state index contributed by atoms with van der Waals surface area (Å²) < 4.78 is 13.2. The molecule has 0 radical (unpaired) electrons. The summed E-state index contributed by atoms with van der Waals surface area (Å²) in [7, 11) is 3.44. The Morgan fingerprint density at radius 3 is 2.20 bits per heavy atom. The van der Waals surface area contributed by atoms with Crippen molar-refractivity contribution in [1.29, 1.82) is 0 Å². The van der Waals surface area contributed by atoms with E-state index in [1.807, 2.05) is 57.3 Å². The van der Waals surface area contributed by atoms with Crippen molar-refractivity contribution in [1.82, 2.24) is 15.0 Å². The van der Waals surface area contributed by atoms with E-state index in [4.69, 9.17) is 9.72 Å². The monoisotopic (exact) mass is 570 g/mol. The van der Waals surface area contributed by atoms with Gasteiger partial charge >= 0.3 is 0 Å². The van der Waals surface area contributed by atoms with Gasteiger partial charge in [0.05, 0.1) is 12.8 Å². The molecule has 0 amide bonds. The summed E-state index contributed by atoms with van der Waals surface area (Å²) in [4.78, 5) is 19.9. The molecule has 0 spiro atoms. The number of nitrogens with one attached hydrogen (secondary N) is 2. The van der Waals surface area contributed by atoms with Crippen LogP contribution in [-0.4, -0.2) is 37.2 Å². The smallest absolute Gasteiger partial charge is 0.293 e. The van der Waals surface area contributed by atoms with E-state index in [0.717, 1.165) is 38.6 Å². The van der Waals surface area contributed by atoms with Crippen molar-refractivity contribution in [2.75, 3.05) is 14.2 Å². The maximum Gasteiger partial charge on any atom is 0.293 e. The summed E-state index contributed by atoms with van der Waals surface area (Å²) in [6.45, 7) is 8.61. The molecule has 41 heavy (non-hydrogen) atoms. The van der Waals surface area contributed by atoms with Crippen molar-refractivity contribution < 1.29 is 14.3 Å². The van der Waals surface area contributed by atoms with Crippen LogP contribution in [0.25, 0.3) is 22.4 Å². The standard InChI is InChI=1S/C28H28N4OS.C5H10O2/c1-20-9-11-23(12-10-20)27-26(22-13-15-24(33-3)16-14-22)17-21(18-30-27)19-31-28(29-2)32-34-25-7-5-4-6-8-25;1-5(2,3)7-4-6/h4-18H,19H2,1-3H3,(H2,29,31,32);4H,1-3H3. The summed E-state index contributed by atoms with van der Waals surface area (Å²) >= 11 is 1.52. The Morgan fingerprint density at radius 2 is 1.63 bits per heavy atom. The lowest BCUT2D eigenvalue weighted by molar-refractivity contribution is -0.138. The number of methoxy groups -OCH3 is 1. The van der Waals surface area contributed by atoms with Gasteiger partial charge in [0.25, 0.3) is 6.47 Å². The fourth-order valence-corrected chi connectivity index (χ4v) is 4.29. The van der Waals surface area contributed by atoms with Crippen molar-refractivity contribution in [3.8, 4) is 28.1 Å². The Bertz CT molecular complexity index is 1400. The van der Waals surface area contributed by atoms with Crippen molar-refractivity contribution >= 4 is 24.4 Å². The maximum atomic E-state index is 9.60. The highest BCUT2D eigenvalue weighted by molar-refractivity contribution is 7.98. The Morgan fingerprint density at radius 1 is 0.976 bits per heavy atom. The first-order valence-corrected chi connectivity index (χ1v) is 14.0. The zero-order valence-electron chi connectivity index (χ0n) is 24.5. The zero-order valence-corrected chi connectivity index (χ0v) is 25.3. The summed E-state index contributed by atoms with van der Waals surface area (Å²) in [5, 5.41) is 3.38. The number of rotatable bonds is 8.